The van der Waals surface area contributed by atoms with E-state index >= 15 is 0 Å². The summed E-state index contributed by atoms with van der Waals surface area (Å²) in [6, 6.07) is -0.912. The molecule has 1 aliphatic rings. The average Bonchev–Trinajstić information content (AvgIpc) is 2.53. The molecule has 0 saturated carbocycles. The lowest BCUT2D eigenvalue weighted by Crippen LogP contribution is -2.56. The molecule has 8 nitrogen and oxygen atoms in total. The third-order valence-electron chi connectivity index (χ3n) is 3.41. The van der Waals surface area contributed by atoms with Gasteiger partial charge in [0.15, 0.2) is 0 Å². The van der Waals surface area contributed by atoms with Crippen molar-refractivity contribution in [1.82, 2.24) is 15.7 Å². The molecule has 0 spiro atoms. The second-order valence-corrected chi connectivity index (χ2v) is 6.63. The van der Waals surface area contributed by atoms with Crippen LogP contribution in [0.15, 0.2) is 24.3 Å². The van der Waals surface area contributed by atoms with Crippen LogP contribution in [-0.2, 0) is 19.1 Å². The van der Waals surface area contributed by atoms with E-state index in [0.717, 1.165) is 0 Å². The van der Waals surface area contributed by atoms with Crippen molar-refractivity contribution in [3.05, 3.63) is 24.3 Å². The normalized spacial score (nSPS) is 20.7. The highest BCUT2D eigenvalue weighted by Crippen LogP contribution is 2.21. The number of hydrogen-bond donors (Lipinski definition) is 2. The molecule has 2 N–H and O–H groups in total. The summed E-state index contributed by atoms with van der Waals surface area (Å²) >= 11 is 0. The van der Waals surface area contributed by atoms with Crippen LogP contribution in [0.3, 0.4) is 0 Å². The molecule has 142 valence electrons. The van der Waals surface area contributed by atoms with Gasteiger partial charge in [0, 0.05) is 26.3 Å². The molecule has 0 saturated heterocycles. The van der Waals surface area contributed by atoms with Crippen LogP contribution < -0.4 is 10.8 Å². The Labute approximate surface area is 149 Å². The summed E-state index contributed by atoms with van der Waals surface area (Å²) in [5, 5.41) is 2.60. The Hall–Kier alpha value is -1.90. The minimum absolute atomic E-state index is 0.208. The number of methoxy groups -OCH3 is 1. The molecule has 8 heteroatoms. The highest BCUT2D eigenvalue weighted by molar-refractivity contribution is 5.95. The summed E-state index contributed by atoms with van der Waals surface area (Å²) in [5.41, 5.74) is 2.66. The monoisotopic (exact) mass is 355 g/mol. The Kier molecular flexibility index (Phi) is 8.08. The number of nitrogens with one attached hydrogen (secondary N) is 2. The fraction of sp³-hybridized carbons (Fsp3) is 0.647. The predicted octanol–water partition coefficient (Wildman–Crippen LogP) is 1.00. The van der Waals surface area contributed by atoms with Crippen molar-refractivity contribution >= 4 is 12.0 Å². The maximum absolute atomic E-state index is 12.6. The van der Waals surface area contributed by atoms with Gasteiger partial charge in [-0.05, 0) is 26.8 Å². The zero-order valence-corrected chi connectivity index (χ0v) is 15.6. The first kappa shape index (κ1) is 21.1. The minimum atomic E-state index is -0.623. The van der Waals surface area contributed by atoms with Gasteiger partial charge in [0.2, 0.25) is 5.91 Å². The highest BCUT2D eigenvalue weighted by Gasteiger charge is 2.36. The fourth-order valence-electron chi connectivity index (χ4n) is 2.37. The predicted molar refractivity (Wildman–Crippen MR) is 93.8 cm³/mol. The zero-order chi connectivity index (χ0) is 19.0. The molecule has 2 atom stereocenters. The van der Waals surface area contributed by atoms with E-state index in [1.54, 1.807) is 40.0 Å². The first-order valence-electron chi connectivity index (χ1n) is 8.14. The fourth-order valence-corrected chi connectivity index (χ4v) is 2.37. The number of hydroxylamine groups is 1. The molecule has 1 aliphatic heterocycles. The van der Waals surface area contributed by atoms with Crippen LogP contribution in [0.25, 0.3) is 0 Å². The van der Waals surface area contributed by atoms with Crippen molar-refractivity contribution in [2.24, 2.45) is 0 Å². The molecule has 0 unspecified atom stereocenters. The molecule has 0 aromatic heterocycles. The van der Waals surface area contributed by atoms with E-state index in [0.29, 0.717) is 5.57 Å². The smallest absolute Gasteiger partial charge is 0.410 e. The first-order valence-corrected chi connectivity index (χ1v) is 8.14. The van der Waals surface area contributed by atoms with Crippen LogP contribution in [0.2, 0.25) is 0 Å². The zero-order valence-electron chi connectivity index (χ0n) is 15.6. The summed E-state index contributed by atoms with van der Waals surface area (Å²) in [6.45, 7) is 9.70. The Morgan fingerprint density at radius 2 is 2.12 bits per heavy atom. The number of rotatable bonds is 7. The van der Waals surface area contributed by atoms with Crippen molar-refractivity contribution in [2.45, 2.75) is 38.5 Å². The Morgan fingerprint density at radius 1 is 1.44 bits per heavy atom. The molecule has 0 aromatic rings. The lowest BCUT2D eigenvalue weighted by Gasteiger charge is -2.38. The van der Waals surface area contributed by atoms with Crippen molar-refractivity contribution in [3.63, 3.8) is 0 Å². The number of amides is 2. The van der Waals surface area contributed by atoms with Gasteiger partial charge in [-0.1, -0.05) is 6.08 Å². The molecule has 1 rings (SSSR count). The second kappa shape index (κ2) is 9.55. The van der Waals surface area contributed by atoms with Gasteiger partial charge < -0.3 is 14.8 Å². The van der Waals surface area contributed by atoms with E-state index in [9.17, 15) is 9.59 Å². The van der Waals surface area contributed by atoms with Crippen LogP contribution in [0, 0.1) is 0 Å². The molecular formula is C17H29N3O5. The molecule has 0 aliphatic carbocycles. The van der Waals surface area contributed by atoms with Gasteiger partial charge in [0.1, 0.15) is 5.60 Å². The van der Waals surface area contributed by atoms with Crippen LogP contribution in [0.4, 0.5) is 4.79 Å². The molecule has 1 heterocycles. The number of likely N-dealkylation sites (N-methyl/N-ethyl adjacent to an activating group) is 1. The standard InChI is InChI=1S/C17H29N3O5/c1-7-8-24-19-14-10-20(16(22)25-17(2,3)4)12(11-23-6)9-13(14)15(21)18-5/h7,9,12,14,19H,1,8,10-11H2,2-6H3,(H,18,21)/t12-,14-/m0/s1. The van der Waals surface area contributed by atoms with Gasteiger partial charge in [0.25, 0.3) is 0 Å². The largest absolute Gasteiger partial charge is 0.444 e. The van der Waals surface area contributed by atoms with Crippen molar-refractivity contribution in [3.8, 4) is 0 Å². The van der Waals surface area contributed by atoms with Crippen molar-refractivity contribution < 1.29 is 23.9 Å². The lowest BCUT2D eigenvalue weighted by molar-refractivity contribution is -0.118. The SMILES string of the molecule is C=CCON[C@H]1CN(C(=O)OC(C)(C)C)[C@H](COC)C=C1C(=O)NC. The summed E-state index contributed by atoms with van der Waals surface area (Å²) < 4.78 is 10.7. The van der Waals surface area contributed by atoms with E-state index in [-0.39, 0.29) is 25.7 Å². The van der Waals surface area contributed by atoms with Crippen LogP contribution >= 0.6 is 0 Å². The molecule has 0 radical (unpaired) electrons. The van der Waals surface area contributed by atoms with Gasteiger partial charge >= 0.3 is 6.09 Å². The third kappa shape index (κ3) is 6.49. The quantitative estimate of drug-likeness (QED) is 0.402. The highest BCUT2D eigenvalue weighted by atomic mass is 16.6. The van der Waals surface area contributed by atoms with E-state index in [2.05, 4.69) is 17.4 Å². The lowest BCUT2D eigenvalue weighted by atomic mass is 9.98. The number of ether oxygens (including phenoxy) is 2. The van der Waals surface area contributed by atoms with Crippen molar-refractivity contribution in [1.29, 1.82) is 0 Å². The summed E-state index contributed by atoms with van der Waals surface area (Å²) in [6.07, 6.45) is 2.81. The Balaban J connectivity index is 3.07. The second-order valence-electron chi connectivity index (χ2n) is 6.63. The van der Waals surface area contributed by atoms with Gasteiger partial charge in [-0.2, -0.15) is 5.48 Å². The third-order valence-corrected chi connectivity index (χ3v) is 3.41. The van der Waals surface area contributed by atoms with Gasteiger partial charge in [0.05, 0.1) is 25.3 Å². The maximum atomic E-state index is 12.6. The number of nitrogens with zero attached hydrogens (tertiary/aromatic N) is 1. The van der Waals surface area contributed by atoms with E-state index in [1.165, 1.54) is 12.0 Å². The van der Waals surface area contributed by atoms with Crippen LogP contribution in [-0.4, -0.2) is 68.5 Å². The summed E-state index contributed by atoms with van der Waals surface area (Å²) in [5.74, 6) is -0.246. The van der Waals surface area contributed by atoms with Crippen molar-refractivity contribution in [2.75, 3.05) is 33.9 Å². The van der Waals surface area contributed by atoms with Gasteiger partial charge in [-0.25, -0.2) is 4.79 Å². The summed E-state index contributed by atoms with van der Waals surface area (Å²) in [7, 11) is 3.09. The number of carbonyl (C=O) groups excluding carboxylic acids is 2. The molecule has 0 fully saturated rings. The van der Waals surface area contributed by atoms with E-state index in [4.69, 9.17) is 14.3 Å². The van der Waals surface area contributed by atoms with Crippen LogP contribution in [0.5, 0.6) is 0 Å². The van der Waals surface area contributed by atoms with Gasteiger partial charge in [-0.3, -0.25) is 14.5 Å². The van der Waals surface area contributed by atoms with Crippen LogP contribution in [0.1, 0.15) is 20.8 Å². The average molecular weight is 355 g/mol. The molecule has 0 aromatic carbocycles. The molecule has 25 heavy (non-hydrogen) atoms. The first-order chi connectivity index (χ1) is 11.7. The number of hydrogen-bond acceptors (Lipinski definition) is 6. The molecular weight excluding hydrogens is 326 g/mol. The Morgan fingerprint density at radius 3 is 2.64 bits per heavy atom. The topological polar surface area (TPSA) is 89.1 Å². The Bertz CT molecular complexity index is 513. The molecule has 2 amide bonds. The summed E-state index contributed by atoms with van der Waals surface area (Å²) in [4.78, 5) is 31.5. The molecule has 0 bridgehead atoms. The van der Waals surface area contributed by atoms with E-state index in [1.807, 2.05) is 0 Å². The minimum Gasteiger partial charge on any atom is -0.444 e. The maximum Gasteiger partial charge on any atom is 0.410 e. The number of carbonyl (C=O) groups is 2. The van der Waals surface area contributed by atoms with E-state index < -0.39 is 23.8 Å². The van der Waals surface area contributed by atoms with Gasteiger partial charge in [-0.15, -0.1) is 6.58 Å².